The lowest BCUT2D eigenvalue weighted by atomic mass is 9.93. The van der Waals surface area contributed by atoms with Crippen molar-refractivity contribution in [2.75, 3.05) is 11.9 Å². The van der Waals surface area contributed by atoms with Gasteiger partial charge in [-0.15, -0.1) is 6.42 Å². The van der Waals surface area contributed by atoms with E-state index in [0.717, 1.165) is 34.4 Å². The Morgan fingerprint density at radius 3 is 2.84 bits per heavy atom. The number of anilines is 2. The molecule has 0 amide bonds. The van der Waals surface area contributed by atoms with E-state index in [2.05, 4.69) is 26.5 Å². The standard InChI is InChI=1S/C25H24N6O/c1-2-18-5-3-8-20(15-18)29-24-22-16-21(9-10-23(22)27-17-28-24)31-14-13-30(25(31)32)12-11-26-19-6-4-7-19/h1,3,5,8-10,13-17,19,26H,4,6-7,11-12H2,(H,27,28,29). The molecule has 4 aromatic rings. The SMILES string of the molecule is C#Cc1cccc(Nc2ncnc3ccc(-n4ccn(CCNC5CCC5)c4=O)cc23)c1. The molecule has 160 valence electrons. The molecule has 1 aliphatic carbocycles. The summed E-state index contributed by atoms with van der Waals surface area (Å²) < 4.78 is 3.39. The molecular formula is C25H24N6O. The third-order valence-corrected chi connectivity index (χ3v) is 5.93. The zero-order valence-corrected chi connectivity index (χ0v) is 17.7. The third kappa shape index (κ3) is 4.01. The number of nitrogens with zero attached hydrogens (tertiary/aromatic N) is 4. The highest BCUT2D eigenvalue weighted by molar-refractivity contribution is 5.92. The first-order valence-electron chi connectivity index (χ1n) is 10.8. The van der Waals surface area contributed by atoms with E-state index in [1.54, 1.807) is 15.3 Å². The number of terminal acetylenes is 1. The van der Waals surface area contributed by atoms with E-state index in [4.69, 9.17) is 6.42 Å². The van der Waals surface area contributed by atoms with Gasteiger partial charge in [0.05, 0.1) is 11.2 Å². The molecule has 32 heavy (non-hydrogen) atoms. The van der Waals surface area contributed by atoms with Crippen LogP contribution in [0.15, 0.2) is 66.0 Å². The van der Waals surface area contributed by atoms with Crippen molar-refractivity contribution in [1.82, 2.24) is 24.4 Å². The minimum absolute atomic E-state index is 0.0622. The molecule has 0 saturated heterocycles. The van der Waals surface area contributed by atoms with Crippen LogP contribution in [0.4, 0.5) is 11.5 Å². The van der Waals surface area contributed by atoms with Crippen LogP contribution in [0.1, 0.15) is 24.8 Å². The van der Waals surface area contributed by atoms with Gasteiger partial charge in [0.25, 0.3) is 0 Å². The number of nitrogens with one attached hydrogen (secondary N) is 2. The van der Waals surface area contributed by atoms with Crippen molar-refractivity contribution in [3.63, 3.8) is 0 Å². The molecule has 0 aliphatic heterocycles. The van der Waals surface area contributed by atoms with Gasteiger partial charge in [0, 0.05) is 48.2 Å². The Kier molecular flexibility index (Phi) is 5.44. The number of hydrogen-bond donors (Lipinski definition) is 2. The van der Waals surface area contributed by atoms with Crippen LogP contribution < -0.4 is 16.3 Å². The minimum atomic E-state index is -0.0622. The minimum Gasteiger partial charge on any atom is -0.340 e. The Bertz CT molecular complexity index is 1360. The maximum Gasteiger partial charge on any atom is 0.332 e. The van der Waals surface area contributed by atoms with Crippen molar-refractivity contribution >= 4 is 22.4 Å². The molecule has 2 N–H and O–H groups in total. The second kappa shape index (κ2) is 8.69. The van der Waals surface area contributed by atoms with Gasteiger partial charge in [-0.2, -0.15) is 0 Å². The average molecular weight is 425 g/mol. The molecule has 0 spiro atoms. The van der Waals surface area contributed by atoms with Crippen LogP contribution in [0.3, 0.4) is 0 Å². The Morgan fingerprint density at radius 2 is 2.03 bits per heavy atom. The molecule has 1 fully saturated rings. The topological polar surface area (TPSA) is 76.8 Å². The first-order valence-corrected chi connectivity index (χ1v) is 10.8. The van der Waals surface area contributed by atoms with Crippen LogP contribution >= 0.6 is 0 Å². The third-order valence-electron chi connectivity index (χ3n) is 5.93. The Balaban J connectivity index is 1.42. The maximum atomic E-state index is 12.9. The van der Waals surface area contributed by atoms with Crippen LogP contribution in [0.5, 0.6) is 0 Å². The van der Waals surface area contributed by atoms with Crippen molar-refractivity contribution in [3.8, 4) is 18.0 Å². The predicted octanol–water partition coefficient (Wildman–Crippen LogP) is 3.45. The molecule has 0 atom stereocenters. The van der Waals surface area contributed by atoms with Crippen LogP contribution in [0.2, 0.25) is 0 Å². The van der Waals surface area contributed by atoms with E-state index in [-0.39, 0.29) is 5.69 Å². The van der Waals surface area contributed by atoms with Crippen LogP contribution in [0.25, 0.3) is 16.6 Å². The van der Waals surface area contributed by atoms with E-state index < -0.39 is 0 Å². The first kappa shape index (κ1) is 20.0. The zero-order chi connectivity index (χ0) is 21.9. The van der Waals surface area contributed by atoms with Crippen molar-refractivity contribution in [2.24, 2.45) is 0 Å². The lowest BCUT2D eigenvalue weighted by Gasteiger charge is -2.26. The van der Waals surface area contributed by atoms with Crippen molar-refractivity contribution in [3.05, 3.63) is 77.2 Å². The average Bonchev–Trinajstić information content (AvgIpc) is 3.16. The maximum absolute atomic E-state index is 12.9. The largest absolute Gasteiger partial charge is 0.340 e. The lowest BCUT2D eigenvalue weighted by molar-refractivity contribution is 0.334. The van der Waals surface area contributed by atoms with Crippen molar-refractivity contribution in [1.29, 1.82) is 0 Å². The Morgan fingerprint density at radius 1 is 1.12 bits per heavy atom. The van der Waals surface area contributed by atoms with Gasteiger partial charge in [-0.25, -0.2) is 14.8 Å². The molecular weight excluding hydrogens is 400 g/mol. The molecule has 7 heteroatoms. The monoisotopic (exact) mass is 424 g/mol. The number of aromatic nitrogens is 4. The predicted molar refractivity (Wildman–Crippen MR) is 126 cm³/mol. The lowest BCUT2D eigenvalue weighted by Crippen LogP contribution is -2.38. The fourth-order valence-electron chi connectivity index (χ4n) is 3.90. The number of hydrogen-bond acceptors (Lipinski definition) is 5. The van der Waals surface area contributed by atoms with E-state index in [9.17, 15) is 4.79 Å². The molecule has 1 aliphatic rings. The van der Waals surface area contributed by atoms with Gasteiger partial charge in [-0.05, 0) is 49.2 Å². The van der Waals surface area contributed by atoms with Crippen LogP contribution in [-0.4, -0.2) is 31.7 Å². The van der Waals surface area contributed by atoms with Crippen LogP contribution in [0, 0.1) is 12.3 Å². The van der Waals surface area contributed by atoms with E-state index in [0.29, 0.717) is 18.4 Å². The summed E-state index contributed by atoms with van der Waals surface area (Å²) in [6.45, 7) is 1.45. The van der Waals surface area contributed by atoms with Crippen molar-refractivity contribution in [2.45, 2.75) is 31.8 Å². The van der Waals surface area contributed by atoms with Crippen molar-refractivity contribution < 1.29 is 0 Å². The molecule has 7 nitrogen and oxygen atoms in total. The summed E-state index contributed by atoms with van der Waals surface area (Å²) in [6.07, 6.45) is 14.4. The number of fused-ring (bicyclic) bond motifs is 1. The summed E-state index contributed by atoms with van der Waals surface area (Å²) in [4.78, 5) is 21.7. The highest BCUT2D eigenvalue weighted by atomic mass is 16.1. The number of imidazole rings is 1. The summed E-state index contributed by atoms with van der Waals surface area (Å²) in [5.41, 5.74) is 3.12. The normalized spacial score (nSPS) is 13.6. The Labute approximate surface area is 186 Å². The molecule has 0 bridgehead atoms. The highest BCUT2D eigenvalue weighted by Crippen LogP contribution is 2.25. The van der Waals surface area contributed by atoms with Gasteiger partial charge in [-0.3, -0.25) is 9.13 Å². The van der Waals surface area contributed by atoms with E-state index in [1.165, 1.54) is 25.6 Å². The van der Waals surface area contributed by atoms with Gasteiger partial charge >= 0.3 is 5.69 Å². The fourth-order valence-corrected chi connectivity index (χ4v) is 3.90. The summed E-state index contributed by atoms with van der Waals surface area (Å²) in [5, 5.41) is 7.64. The van der Waals surface area contributed by atoms with Gasteiger partial charge in [0.2, 0.25) is 0 Å². The molecule has 2 aromatic carbocycles. The van der Waals surface area contributed by atoms with Gasteiger partial charge in [0.15, 0.2) is 0 Å². The fraction of sp³-hybridized carbons (Fsp3) is 0.240. The molecule has 1 saturated carbocycles. The Hall–Kier alpha value is -3.89. The molecule has 5 rings (SSSR count). The second-order valence-electron chi connectivity index (χ2n) is 8.00. The summed E-state index contributed by atoms with van der Waals surface area (Å²) in [7, 11) is 0. The van der Waals surface area contributed by atoms with Crippen LogP contribution in [-0.2, 0) is 6.54 Å². The molecule has 0 unspecified atom stereocenters. The number of benzene rings is 2. The highest BCUT2D eigenvalue weighted by Gasteiger charge is 2.16. The van der Waals surface area contributed by atoms with Gasteiger partial charge in [-0.1, -0.05) is 18.4 Å². The van der Waals surface area contributed by atoms with E-state index in [1.807, 2.05) is 48.7 Å². The van der Waals surface area contributed by atoms with Gasteiger partial charge < -0.3 is 10.6 Å². The smallest absolute Gasteiger partial charge is 0.332 e. The quantitative estimate of drug-likeness (QED) is 0.445. The second-order valence-corrected chi connectivity index (χ2v) is 8.00. The molecule has 2 aromatic heterocycles. The summed E-state index contributed by atoms with van der Waals surface area (Å²) >= 11 is 0. The van der Waals surface area contributed by atoms with E-state index >= 15 is 0 Å². The first-order chi connectivity index (χ1) is 15.7. The zero-order valence-electron chi connectivity index (χ0n) is 17.7. The number of rotatable bonds is 7. The molecule has 0 radical (unpaired) electrons. The molecule has 2 heterocycles. The van der Waals surface area contributed by atoms with Gasteiger partial charge in [0.1, 0.15) is 12.1 Å². The summed E-state index contributed by atoms with van der Waals surface area (Å²) in [6, 6.07) is 13.9. The summed E-state index contributed by atoms with van der Waals surface area (Å²) in [5.74, 6) is 3.29.